The van der Waals surface area contributed by atoms with Crippen LogP contribution < -0.4 is 11.1 Å². The van der Waals surface area contributed by atoms with Crippen LogP contribution in [0.15, 0.2) is 0 Å². The standard InChI is InChI=1S/C7H10F3N3O3/c8-7(9,10)6(15)16-13-2-1-12-4(3-13)5(11)14/h4,12H,1-3H2,(H2,11,14). The molecule has 92 valence electrons. The molecule has 1 saturated heterocycles. The van der Waals surface area contributed by atoms with Crippen molar-refractivity contribution < 1.29 is 27.6 Å². The molecule has 3 N–H and O–H groups in total. The topological polar surface area (TPSA) is 84.7 Å². The summed E-state index contributed by atoms with van der Waals surface area (Å²) in [7, 11) is 0. The summed E-state index contributed by atoms with van der Waals surface area (Å²) in [5.74, 6) is -3.02. The Bertz CT molecular complexity index is 294. The molecule has 1 atom stereocenters. The zero-order chi connectivity index (χ0) is 12.3. The van der Waals surface area contributed by atoms with Gasteiger partial charge in [0, 0.05) is 13.1 Å². The highest BCUT2D eigenvalue weighted by atomic mass is 19.4. The second-order valence-electron chi connectivity index (χ2n) is 3.17. The lowest BCUT2D eigenvalue weighted by molar-refractivity contribution is -0.241. The summed E-state index contributed by atoms with van der Waals surface area (Å²) in [6.45, 7) is 0.0709. The van der Waals surface area contributed by atoms with E-state index in [-0.39, 0.29) is 19.6 Å². The molecular weight excluding hydrogens is 231 g/mol. The molecule has 16 heavy (non-hydrogen) atoms. The SMILES string of the molecule is NC(=O)C1CN(OC(=O)C(F)(F)F)CCN1. The monoisotopic (exact) mass is 241 g/mol. The average molecular weight is 241 g/mol. The van der Waals surface area contributed by atoms with E-state index in [0.717, 1.165) is 5.06 Å². The van der Waals surface area contributed by atoms with Crippen LogP contribution >= 0.6 is 0 Å². The molecule has 0 bridgehead atoms. The number of amides is 1. The van der Waals surface area contributed by atoms with Crippen molar-refractivity contribution in [2.24, 2.45) is 5.73 Å². The smallest absolute Gasteiger partial charge is 0.368 e. The van der Waals surface area contributed by atoms with Gasteiger partial charge in [0.1, 0.15) is 6.04 Å². The van der Waals surface area contributed by atoms with Crippen molar-refractivity contribution in [3.8, 4) is 0 Å². The maximum absolute atomic E-state index is 11.9. The van der Waals surface area contributed by atoms with Gasteiger partial charge in [-0.15, -0.1) is 5.06 Å². The molecular formula is C7H10F3N3O3. The summed E-state index contributed by atoms with van der Waals surface area (Å²) in [5, 5.41) is 3.44. The zero-order valence-electron chi connectivity index (χ0n) is 8.08. The number of nitrogens with two attached hydrogens (primary N) is 1. The Kier molecular flexibility index (Phi) is 3.70. The summed E-state index contributed by atoms with van der Waals surface area (Å²) in [4.78, 5) is 25.3. The highest BCUT2D eigenvalue weighted by Crippen LogP contribution is 2.17. The molecule has 0 radical (unpaired) electrons. The lowest BCUT2D eigenvalue weighted by Crippen LogP contribution is -2.56. The number of hydroxylamine groups is 2. The predicted octanol–water partition coefficient (Wildman–Crippen LogP) is -1.23. The molecule has 0 spiro atoms. The van der Waals surface area contributed by atoms with Crippen LogP contribution in [0.3, 0.4) is 0 Å². The molecule has 1 aliphatic heterocycles. The minimum absolute atomic E-state index is 0.0611. The largest absolute Gasteiger partial charge is 0.492 e. The highest BCUT2D eigenvalue weighted by Gasteiger charge is 2.43. The van der Waals surface area contributed by atoms with E-state index in [0.29, 0.717) is 0 Å². The van der Waals surface area contributed by atoms with Crippen molar-refractivity contribution in [3.63, 3.8) is 0 Å². The maximum Gasteiger partial charge on any atom is 0.492 e. The van der Waals surface area contributed by atoms with Gasteiger partial charge in [-0.1, -0.05) is 0 Å². The average Bonchev–Trinajstić information content (AvgIpc) is 2.16. The van der Waals surface area contributed by atoms with Crippen molar-refractivity contribution in [3.05, 3.63) is 0 Å². The van der Waals surface area contributed by atoms with Gasteiger partial charge < -0.3 is 15.9 Å². The first-order chi connectivity index (χ1) is 7.30. The summed E-state index contributed by atoms with van der Waals surface area (Å²) in [6.07, 6.45) is -5.05. The molecule has 0 aromatic rings. The Hall–Kier alpha value is -1.35. The van der Waals surface area contributed by atoms with Crippen molar-refractivity contribution in [1.29, 1.82) is 0 Å². The van der Waals surface area contributed by atoms with E-state index in [1.807, 2.05) is 0 Å². The Morgan fingerprint density at radius 1 is 1.44 bits per heavy atom. The van der Waals surface area contributed by atoms with Crippen LogP contribution in [-0.4, -0.2) is 48.8 Å². The first-order valence-electron chi connectivity index (χ1n) is 4.37. The Morgan fingerprint density at radius 2 is 2.06 bits per heavy atom. The molecule has 1 amide bonds. The third kappa shape index (κ3) is 3.35. The molecule has 0 aromatic heterocycles. The Morgan fingerprint density at radius 3 is 2.56 bits per heavy atom. The van der Waals surface area contributed by atoms with Crippen LogP contribution in [0, 0.1) is 0 Å². The van der Waals surface area contributed by atoms with Gasteiger partial charge >= 0.3 is 12.1 Å². The van der Waals surface area contributed by atoms with E-state index in [2.05, 4.69) is 10.2 Å². The Balaban J connectivity index is 2.49. The number of hydrogen-bond acceptors (Lipinski definition) is 5. The van der Waals surface area contributed by atoms with Crippen LogP contribution in [0.5, 0.6) is 0 Å². The van der Waals surface area contributed by atoms with Crippen molar-refractivity contribution in [1.82, 2.24) is 10.4 Å². The fourth-order valence-electron chi connectivity index (χ4n) is 1.17. The van der Waals surface area contributed by atoms with Crippen LogP contribution in [0.1, 0.15) is 0 Å². The number of rotatable bonds is 2. The normalized spacial score (nSPS) is 22.8. The van der Waals surface area contributed by atoms with Crippen LogP contribution in [0.25, 0.3) is 0 Å². The molecule has 1 unspecified atom stereocenters. The minimum Gasteiger partial charge on any atom is -0.368 e. The lowest BCUT2D eigenvalue weighted by Gasteiger charge is -2.30. The molecule has 0 saturated carbocycles. The second-order valence-corrected chi connectivity index (χ2v) is 3.17. The van der Waals surface area contributed by atoms with E-state index in [1.54, 1.807) is 0 Å². The van der Waals surface area contributed by atoms with Crippen molar-refractivity contribution in [2.75, 3.05) is 19.6 Å². The fraction of sp³-hybridized carbons (Fsp3) is 0.714. The number of carbonyl (C=O) groups is 2. The molecule has 0 aliphatic carbocycles. The van der Waals surface area contributed by atoms with Crippen LogP contribution in [-0.2, 0) is 14.4 Å². The van der Waals surface area contributed by atoms with E-state index >= 15 is 0 Å². The lowest BCUT2D eigenvalue weighted by atomic mass is 10.2. The molecule has 6 nitrogen and oxygen atoms in total. The third-order valence-corrected chi connectivity index (χ3v) is 1.93. The zero-order valence-corrected chi connectivity index (χ0v) is 8.08. The maximum atomic E-state index is 11.9. The van der Waals surface area contributed by atoms with Gasteiger partial charge in [-0.2, -0.15) is 13.2 Å². The fourth-order valence-corrected chi connectivity index (χ4v) is 1.17. The quantitative estimate of drug-likeness (QED) is 0.632. The van der Waals surface area contributed by atoms with Gasteiger partial charge in [-0.05, 0) is 0 Å². The van der Waals surface area contributed by atoms with Crippen LogP contribution in [0.2, 0.25) is 0 Å². The summed E-state index contributed by atoms with van der Waals surface area (Å²) in [6, 6.07) is -0.824. The predicted molar refractivity (Wildman–Crippen MR) is 44.7 cm³/mol. The van der Waals surface area contributed by atoms with Crippen molar-refractivity contribution >= 4 is 11.9 Å². The van der Waals surface area contributed by atoms with Gasteiger partial charge in [-0.25, -0.2) is 4.79 Å². The molecule has 9 heteroatoms. The second kappa shape index (κ2) is 4.66. The third-order valence-electron chi connectivity index (χ3n) is 1.93. The summed E-state index contributed by atoms with van der Waals surface area (Å²) < 4.78 is 35.6. The molecule has 0 aromatic carbocycles. The summed E-state index contributed by atoms with van der Waals surface area (Å²) in [5.41, 5.74) is 4.96. The number of primary amides is 1. The van der Waals surface area contributed by atoms with Gasteiger partial charge in [-0.3, -0.25) is 4.79 Å². The highest BCUT2D eigenvalue weighted by molar-refractivity contribution is 5.80. The number of hydrogen-bond donors (Lipinski definition) is 2. The minimum atomic E-state index is -5.05. The first kappa shape index (κ1) is 12.7. The number of carbonyl (C=O) groups excluding carboxylic acids is 2. The summed E-state index contributed by atoms with van der Waals surface area (Å²) >= 11 is 0. The number of halogens is 3. The molecule has 1 rings (SSSR count). The first-order valence-corrected chi connectivity index (χ1v) is 4.37. The van der Waals surface area contributed by atoms with E-state index in [9.17, 15) is 22.8 Å². The van der Waals surface area contributed by atoms with E-state index < -0.39 is 24.1 Å². The number of alkyl halides is 3. The number of nitrogens with one attached hydrogen (secondary N) is 1. The molecule has 1 heterocycles. The van der Waals surface area contributed by atoms with Crippen LogP contribution in [0.4, 0.5) is 13.2 Å². The van der Waals surface area contributed by atoms with Gasteiger partial charge in [0.25, 0.3) is 0 Å². The van der Waals surface area contributed by atoms with E-state index in [4.69, 9.17) is 5.73 Å². The van der Waals surface area contributed by atoms with Gasteiger partial charge in [0.05, 0.1) is 6.54 Å². The molecule has 1 aliphatic rings. The Labute approximate surface area is 88.5 Å². The number of nitrogens with zero attached hydrogens (tertiary/aromatic N) is 1. The molecule has 1 fully saturated rings. The number of piperazine rings is 1. The van der Waals surface area contributed by atoms with Gasteiger partial charge in [0.2, 0.25) is 5.91 Å². The van der Waals surface area contributed by atoms with Crippen molar-refractivity contribution in [2.45, 2.75) is 12.2 Å². The van der Waals surface area contributed by atoms with Gasteiger partial charge in [0.15, 0.2) is 0 Å². The van der Waals surface area contributed by atoms with E-state index in [1.165, 1.54) is 0 Å².